The molecule has 0 saturated carbocycles. The molecule has 0 radical (unpaired) electrons. The van der Waals surface area contributed by atoms with Crippen LogP contribution in [0.25, 0.3) is 0 Å². The first kappa shape index (κ1) is 17.1. The van der Waals surface area contributed by atoms with E-state index >= 15 is 0 Å². The van der Waals surface area contributed by atoms with E-state index in [1.54, 1.807) is 23.1 Å². The molecule has 1 heterocycles. The van der Waals surface area contributed by atoms with E-state index in [-0.39, 0.29) is 11.9 Å². The van der Waals surface area contributed by atoms with Gasteiger partial charge in [0.05, 0.1) is 6.04 Å². The number of carbonyl (C=O) groups is 1. The number of hydrogen-bond donors (Lipinski definition) is 1. The Morgan fingerprint density at radius 1 is 1.36 bits per heavy atom. The van der Waals surface area contributed by atoms with Crippen LogP contribution in [0.4, 0.5) is 5.69 Å². The Bertz CT molecular complexity index is 598. The summed E-state index contributed by atoms with van der Waals surface area (Å²) in [7, 11) is 0. The van der Waals surface area contributed by atoms with Gasteiger partial charge in [-0.15, -0.1) is 23.1 Å². The number of rotatable bonds is 7. The number of carbonyl (C=O) groups excluding carboxylic acids is 1. The predicted molar refractivity (Wildman–Crippen MR) is 96.7 cm³/mol. The van der Waals surface area contributed by atoms with Crippen molar-refractivity contribution >= 4 is 34.7 Å². The molecule has 2 aromatic rings. The van der Waals surface area contributed by atoms with E-state index < -0.39 is 0 Å². The lowest BCUT2D eigenvalue weighted by atomic mass is 10.2. The van der Waals surface area contributed by atoms with Crippen LogP contribution < -0.4 is 5.32 Å². The topological polar surface area (TPSA) is 32.3 Å². The zero-order valence-electron chi connectivity index (χ0n) is 13.2. The summed E-state index contributed by atoms with van der Waals surface area (Å²) in [5.74, 6) is 0.0386. The minimum Gasteiger partial charge on any atom is -0.325 e. The monoisotopic (exact) mass is 334 g/mol. The van der Waals surface area contributed by atoms with Crippen LogP contribution >= 0.6 is 23.1 Å². The number of nitrogens with zero attached hydrogens (tertiary/aromatic N) is 1. The van der Waals surface area contributed by atoms with Gasteiger partial charge >= 0.3 is 0 Å². The van der Waals surface area contributed by atoms with Gasteiger partial charge in [-0.3, -0.25) is 9.69 Å². The Kier molecular flexibility index (Phi) is 6.49. The van der Waals surface area contributed by atoms with Crippen molar-refractivity contribution in [3.8, 4) is 0 Å². The van der Waals surface area contributed by atoms with E-state index in [9.17, 15) is 4.79 Å². The van der Waals surface area contributed by atoms with Crippen molar-refractivity contribution in [2.75, 3.05) is 18.1 Å². The SMILES string of the molecule is CCN(Cc1cccs1)C(C)C(=O)Nc1cccc(SC)c1. The van der Waals surface area contributed by atoms with E-state index in [0.717, 1.165) is 23.7 Å². The van der Waals surface area contributed by atoms with Crippen molar-refractivity contribution in [1.29, 1.82) is 0 Å². The molecular formula is C17H22N2OS2. The predicted octanol–water partition coefficient (Wildman–Crippen LogP) is 4.32. The van der Waals surface area contributed by atoms with Crippen molar-refractivity contribution in [3.63, 3.8) is 0 Å². The number of nitrogens with one attached hydrogen (secondary N) is 1. The second-order valence-corrected chi connectivity index (χ2v) is 6.95. The van der Waals surface area contributed by atoms with Crippen LogP contribution in [0.2, 0.25) is 0 Å². The zero-order chi connectivity index (χ0) is 15.9. The summed E-state index contributed by atoms with van der Waals surface area (Å²) in [6.45, 7) is 5.71. The molecule has 0 spiro atoms. The maximum Gasteiger partial charge on any atom is 0.241 e. The molecular weight excluding hydrogens is 312 g/mol. The first-order valence-electron chi connectivity index (χ1n) is 7.35. The lowest BCUT2D eigenvalue weighted by Gasteiger charge is -2.26. The van der Waals surface area contributed by atoms with E-state index in [2.05, 4.69) is 28.6 Å². The van der Waals surface area contributed by atoms with E-state index in [4.69, 9.17) is 0 Å². The standard InChI is InChI=1S/C17H22N2OS2/c1-4-19(12-16-9-6-10-22-16)13(2)17(20)18-14-7-5-8-15(11-14)21-3/h5-11,13H,4,12H2,1-3H3,(H,18,20). The third kappa shape index (κ3) is 4.60. The van der Waals surface area contributed by atoms with E-state index in [1.165, 1.54) is 4.88 Å². The molecule has 1 amide bonds. The summed E-state index contributed by atoms with van der Waals surface area (Å²) < 4.78 is 0. The third-order valence-electron chi connectivity index (χ3n) is 3.61. The molecule has 1 aromatic carbocycles. The molecule has 3 nitrogen and oxygen atoms in total. The summed E-state index contributed by atoms with van der Waals surface area (Å²) in [6.07, 6.45) is 2.03. The smallest absolute Gasteiger partial charge is 0.241 e. The Labute approximate surface area is 140 Å². The van der Waals surface area contributed by atoms with Crippen LogP contribution in [0, 0.1) is 0 Å². The van der Waals surface area contributed by atoms with Gasteiger partial charge in [0, 0.05) is 22.0 Å². The maximum atomic E-state index is 12.5. The van der Waals surface area contributed by atoms with E-state index in [0.29, 0.717) is 0 Å². The maximum absolute atomic E-state index is 12.5. The Morgan fingerprint density at radius 3 is 2.82 bits per heavy atom. The second kappa shape index (κ2) is 8.36. The van der Waals surface area contributed by atoms with Gasteiger partial charge in [0.1, 0.15) is 0 Å². The largest absolute Gasteiger partial charge is 0.325 e. The number of likely N-dealkylation sites (N-methyl/N-ethyl adjacent to an activating group) is 1. The van der Waals surface area contributed by atoms with Gasteiger partial charge in [-0.25, -0.2) is 0 Å². The first-order valence-corrected chi connectivity index (χ1v) is 9.45. The lowest BCUT2D eigenvalue weighted by Crippen LogP contribution is -2.41. The quantitative estimate of drug-likeness (QED) is 0.765. The number of amides is 1. The molecule has 0 aliphatic heterocycles. The molecule has 22 heavy (non-hydrogen) atoms. The molecule has 1 aromatic heterocycles. The highest BCUT2D eigenvalue weighted by atomic mass is 32.2. The molecule has 2 rings (SSSR count). The van der Waals surface area contributed by atoms with E-state index in [1.807, 2.05) is 43.5 Å². The van der Waals surface area contributed by atoms with Gasteiger partial charge in [-0.05, 0) is 49.4 Å². The average Bonchev–Trinajstić information content (AvgIpc) is 3.05. The van der Waals surface area contributed by atoms with Crippen molar-refractivity contribution in [1.82, 2.24) is 4.90 Å². The highest BCUT2D eigenvalue weighted by Gasteiger charge is 2.20. The van der Waals surface area contributed by atoms with Gasteiger partial charge in [-0.2, -0.15) is 0 Å². The lowest BCUT2D eigenvalue weighted by molar-refractivity contribution is -0.120. The van der Waals surface area contributed by atoms with Crippen molar-refractivity contribution in [2.45, 2.75) is 31.3 Å². The molecule has 1 unspecified atom stereocenters. The van der Waals surface area contributed by atoms with Crippen molar-refractivity contribution < 1.29 is 4.79 Å². The van der Waals surface area contributed by atoms with Gasteiger partial charge in [0.2, 0.25) is 5.91 Å². The summed E-state index contributed by atoms with van der Waals surface area (Å²) in [5, 5.41) is 5.09. The third-order valence-corrected chi connectivity index (χ3v) is 5.20. The summed E-state index contributed by atoms with van der Waals surface area (Å²) in [6, 6.07) is 11.9. The summed E-state index contributed by atoms with van der Waals surface area (Å²) in [5.41, 5.74) is 0.857. The molecule has 1 N–H and O–H groups in total. The number of anilines is 1. The van der Waals surface area contributed by atoms with Crippen LogP contribution in [0.15, 0.2) is 46.7 Å². The van der Waals surface area contributed by atoms with Crippen LogP contribution in [0.5, 0.6) is 0 Å². The van der Waals surface area contributed by atoms with Gasteiger partial charge < -0.3 is 5.32 Å². The number of thioether (sulfide) groups is 1. The Morgan fingerprint density at radius 2 is 2.18 bits per heavy atom. The van der Waals surface area contributed by atoms with Gasteiger partial charge in [0.15, 0.2) is 0 Å². The van der Waals surface area contributed by atoms with Crippen LogP contribution in [0.3, 0.4) is 0 Å². The second-order valence-electron chi connectivity index (χ2n) is 5.04. The minimum absolute atomic E-state index is 0.0386. The molecule has 0 aliphatic rings. The van der Waals surface area contributed by atoms with Gasteiger partial charge in [0.25, 0.3) is 0 Å². The molecule has 5 heteroatoms. The number of benzene rings is 1. The Balaban J connectivity index is 2.00. The number of hydrogen-bond acceptors (Lipinski definition) is 4. The fourth-order valence-electron chi connectivity index (χ4n) is 2.24. The Hall–Kier alpha value is -1.30. The molecule has 0 saturated heterocycles. The molecule has 0 aliphatic carbocycles. The summed E-state index contributed by atoms with van der Waals surface area (Å²) >= 11 is 3.40. The minimum atomic E-state index is -0.162. The highest BCUT2D eigenvalue weighted by Crippen LogP contribution is 2.20. The van der Waals surface area contributed by atoms with Crippen LogP contribution in [0.1, 0.15) is 18.7 Å². The van der Waals surface area contributed by atoms with Crippen molar-refractivity contribution in [2.24, 2.45) is 0 Å². The van der Waals surface area contributed by atoms with Crippen molar-refractivity contribution in [3.05, 3.63) is 46.7 Å². The van der Waals surface area contributed by atoms with Gasteiger partial charge in [-0.1, -0.05) is 19.1 Å². The fraction of sp³-hybridized carbons (Fsp3) is 0.353. The molecule has 0 fully saturated rings. The normalized spacial score (nSPS) is 12.4. The molecule has 118 valence electrons. The fourth-order valence-corrected chi connectivity index (χ4v) is 3.43. The van der Waals surface area contributed by atoms with Crippen LogP contribution in [-0.4, -0.2) is 29.6 Å². The number of thiophene rings is 1. The first-order chi connectivity index (χ1) is 10.6. The molecule has 1 atom stereocenters. The zero-order valence-corrected chi connectivity index (χ0v) is 14.8. The average molecular weight is 335 g/mol. The highest BCUT2D eigenvalue weighted by molar-refractivity contribution is 7.98. The summed E-state index contributed by atoms with van der Waals surface area (Å²) in [4.78, 5) is 17.1. The van der Waals surface area contributed by atoms with Crippen LogP contribution in [-0.2, 0) is 11.3 Å². The molecule has 0 bridgehead atoms.